The van der Waals surface area contributed by atoms with Crippen LogP contribution >= 0.6 is 11.3 Å². The number of esters is 1. The number of nitrogens with zero attached hydrogens (tertiary/aromatic N) is 2. The fraction of sp³-hybridized carbons (Fsp3) is 0.150. The number of hydrogen-bond donors (Lipinski definition) is 0. The average Bonchev–Trinajstić information content (AvgIpc) is 3.28. The lowest BCUT2D eigenvalue weighted by atomic mass is 10.2. The largest absolute Gasteiger partial charge is 0.465 e. The Balaban J connectivity index is 1.70. The van der Waals surface area contributed by atoms with Gasteiger partial charge in [0.1, 0.15) is 21.8 Å². The molecule has 3 aromatic heterocycles. The molecule has 0 fully saturated rings. The molecule has 0 aliphatic heterocycles. The van der Waals surface area contributed by atoms with E-state index in [1.165, 1.54) is 29.3 Å². The van der Waals surface area contributed by atoms with Crippen LogP contribution in [0.5, 0.6) is 0 Å². The number of aromatic nitrogens is 2. The Morgan fingerprint density at radius 3 is 2.78 bits per heavy atom. The van der Waals surface area contributed by atoms with Crippen molar-refractivity contribution in [3.05, 3.63) is 76.2 Å². The summed E-state index contributed by atoms with van der Waals surface area (Å²) in [4.78, 5) is 30.0. The quantitative estimate of drug-likeness (QED) is 0.503. The van der Waals surface area contributed by atoms with Crippen LogP contribution in [-0.4, -0.2) is 22.6 Å². The minimum atomic E-state index is -0.464. The number of carbonyl (C=O) groups is 1. The smallest absolute Gasteiger partial charge is 0.341 e. The molecular formula is C20H16N2O4S. The predicted octanol–water partition coefficient (Wildman–Crippen LogP) is 3.86. The second kappa shape index (κ2) is 6.85. The molecule has 27 heavy (non-hydrogen) atoms. The van der Waals surface area contributed by atoms with Gasteiger partial charge < -0.3 is 9.15 Å². The van der Waals surface area contributed by atoms with Crippen molar-refractivity contribution in [3.63, 3.8) is 0 Å². The molecule has 4 aromatic rings. The fourth-order valence-corrected chi connectivity index (χ4v) is 3.97. The molecule has 0 N–H and O–H groups in total. The number of benzene rings is 1. The lowest BCUT2D eigenvalue weighted by Gasteiger charge is -2.02. The minimum Gasteiger partial charge on any atom is -0.465 e. The zero-order valence-electron chi connectivity index (χ0n) is 14.8. The van der Waals surface area contributed by atoms with Crippen LogP contribution < -0.4 is 5.56 Å². The van der Waals surface area contributed by atoms with Crippen molar-refractivity contribution in [2.45, 2.75) is 13.5 Å². The standard InChI is InChI=1S/C20H16N2O4S/c1-12-15(20(24)25-2)8-14(26-12)10-22-11-21-16-9-17(27-18(16)19(22)23)13-6-4-3-5-7-13/h3-9,11H,10H2,1-2H3. The van der Waals surface area contributed by atoms with Gasteiger partial charge in [-0.25, -0.2) is 9.78 Å². The molecular weight excluding hydrogens is 364 g/mol. The molecule has 3 heterocycles. The van der Waals surface area contributed by atoms with E-state index in [1.807, 2.05) is 36.4 Å². The Bertz CT molecular complexity index is 1190. The maximum absolute atomic E-state index is 12.9. The second-order valence-corrected chi connectivity index (χ2v) is 7.10. The summed E-state index contributed by atoms with van der Waals surface area (Å²) >= 11 is 1.42. The zero-order chi connectivity index (χ0) is 19.0. The normalized spacial score (nSPS) is 11.0. The number of methoxy groups -OCH3 is 1. The molecule has 6 nitrogen and oxygen atoms in total. The maximum atomic E-state index is 12.9. The van der Waals surface area contributed by atoms with Gasteiger partial charge >= 0.3 is 5.97 Å². The summed E-state index contributed by atoms with van der Waals surface area (Å²) in [6.45, 7) is 1.88. The van der Waals surface area contributed by atoms with Crippen LogP contribution in [0.25, 0.3) is 20.7 Å². The van der Waals surface area contributed by atoms with Crippen LogP contribution in [0.2, 0.25) is 0 Å². The molecule has 0 atom stereocenters. The first-order chi connectivity index (χ1) is 13.1. The molecule has 0 aliphatic rings. The van der Waals surface area contributed by atoms with Crippen molar-refractivity contribution in [1.29, 1.82) is 0 Å². The summed E-state index contributed by atoms with van der Waals surface area (Å²) in [5, 5.41) is 0. The third-order valence-corrected chi connectivity index (χ3v) is 5.42. The predicted molar refractivity (Wildman–Crippen MR) is 103 cm³/mol. The van der Waals surface area contributed by atoms with Gasteiger partial charge in [0.25, 0.3) is 5.56 Å². The van der Waals surface area contributed by atoms with Gasteiger partial charge in [-0.2, -0.15) is 0 Å². The van der Waals surface area contributed by atoms with E-state index in [1.54, 1.807) is 13.0 Å². The molecule has 0 aliphatic carbocycles. The Morgan fingerprint density at radius 1 is 1.26 bits per heavy atom. The van der Waals surface area contributed by atoms with E-state index in [4.69, 9.17) is 9.15 Å². The number of fused-ring (bicyclic) bond motifs is 1. The Kier molecular flexibility index (Phi) is 4.37. The number of carbonyl (C=O) groups excluding carboxylic acids is 1. The molecule has 0 saturated heterocycles. The van der Waals surface area contributed by atoms with E-state index < -0.39 is 5.97 Å². The van der Waals surface area contributed by atoms with Crippen molar-refractivity contribution in [3.8, 4) is 10.4 Å². The molecule has 0 bridgehead atoms. The van der Waals surface area contributed by atoms with Crippen molar-refractivity contribution in [1.82, 2.24) is 9.55 Å². The van der Waals surface area contributed by atoms with Crippen LogP contribution in [-0.2, 0) is 11.3 Å². The van der Waals surface area contributed by atoms with Gasteiger partial charge in [-0.15, -0.1) is 11.3 Å². The number of rotatable bonds is 4. The van der Waals surface area contributed by atoms with Crippen molar-refractivity contribution >= 4 is 27.5 Å². The first-order valence-electron chi connectivity index (χ1n) is 8.29. The lowest BCUT2D eigenvalue weighted by Crippen LogP contribution is -2.19. The molecule has 136 valence electrons. The number of hydrogen-bond acceptors (Lipinski definition) is 6. The molecule has 0 amide bonds. The van der Waals surface area contributed by atoms with Crippen LogP contribution in [0.3, 0.4) is 0 Å². The molecule has 7 heteroatoms. The average molecular weight is 380 g/mol. The Hall–Kier alpha value is -3.19. The number of aryl methyl sites for hydroxylation is 1. The van der Waals surface area contributed by atoms with Crippen LogP contribution in [0.15, 0.2) is 58.0 Å². The summed E-state index contributed by atoms with van der Waals surface area (Å²) in [5.74, 6) is 0.492. The minimum absolute atomic E-state index is 0.138. The van der Waals surface area contributed by atoms with Crippen molar-refractivity contribution < 1.29 is 13.9 Å². The third kappa shape index (κ3) is 3.17. The van der Waals surface area contributed by atoms with E-state index >= 15 is 0 Å². The van der Waals surface area contributed by atoms with Gasteiger partial charge in [0.05, 0.1) is 25.5 Å². The summed E-state index contributed by atoms with van der Waals surface area (Å²) in [7, 11) is 1.32. The van der Waals surface area contributed by atoms with E-state index in [2.05, 4.69) is 4.98 Å². The topological polar surface area (TPSA) is 74.3 Å². The molecule has 0 spiro atoms. The first kappa shape index (κ1) is 17.2. The molecule has 0 radical (unpaired) electrons. The van der Waals surface area contributed by atoms with Crippen LogP contribution in [0, 0.1) is 6.92 Å². The maximum Gasteiger partial charge on any atom is 0.341 e. The van der Waals surface area contributed by atoms with Crippen molar-refractivity contribution in [2.24, 2.45) is 0 Å². The summed E-state index contributed by atoms with van der Waals surface area (Å²) < 4.78 is 12.4. The van der Waals surface area contributed by atoms with E-state index in [0.29, 0.717) is 27.3 Å². The highest BCUT2D eigenvalue weighted by molar-refractivity contribution is 7.22. The highest BCUT2D eigenvalue weighted by atomic mass is 32.1. The number of ether oxygens (including phenoxy) is 1. The van der Waals surface area contributed by atoms with Gasteiger partial charge in [0, 0.05) is 4.88 Å². The fourth-order valence-electron chi connectivity index (χ4n) is 2.90. The van der Waals surface area contributed by atoms with Gasteiger partial charge in [-0.3, -0.25) is 9.36 Å². The van der Waals surface area contributed by atoms with Crippen molar-refractivity contribution in [2.75, 3.05) is 7.11 Å². The summed E-state index contributed by atoms with van der Waals surface area (Å²) in [6, 6.07) is 13.4. The zero-order valence-corrected chi connectivity index (χ0v) is 15.6. The van der Waals surface area contributed by atoms with E-state index in [0.717, 1.165) is 10.4 Å². The Labute approximate surface area is 158 Å². The number of furan rings is 1. The lowest BCUT2D eigenvalue weighted by molar-refractivity contribution is 0.0599. The summed E-state index contributed by atoms with van der Waals surface area (Å²) in [6.07, 6.45) is 1.50. The highest BCUT2D eigenvalue weighted by Gasteiger charge is 2.17. The Morgan fingerprint density at radius 2 is 2.04 bits per heavy atom. The van der Waals surface area contributed by atoms with Gasteiger partial charge in [0.15, 0.2) is 0 Å². The SMILES string of the molecule is COC(=O)c1cc(Cn2cnc3cc(-c4ccccc4)sc3c2=O)oc1C. The highest BCUT2D eigenvalue weighted by Crippen LogP contribution is 2.30. The van der Waals surface area contributed by atoms with Gasteiger partial charge in [0.2, 0.25) is 0 Å². The molecule has 1 aromatic carbocycles. The summed E-state index contributed by atoms with van der Waals surface area (Å²) in [5.41, 5.74) is 1.94. The van der Waals surface area contributed by atoms with E-state index in [-0.39, 0.29) is 12.1 Å². The second-order valence-electron chi connectivity index (χ2n) is 6.04. The monoisotopic (exact) mass is 380 g/mol. The molecule has 4 rings (SSSR count). The van der Waals surface area contributed by atoms with E-state index in [9.17, 15) is 9.59 Å². The van der Waals surface area contributed by atoms with Crippen LogP contribution in [0.1, 0.15) is 21.9 Å². The first-order valence-corrected chi connectivity index (χ1v) is 9.10. The van der Waals surface area contributed by atoms with Gasteiger partial charge in [-0.1, -0.05) is 30.3 Å². The van der Waals surface area contributed by atoms with Crippen LogP contribution in [0.4, 0.5) is 0 Å². The third-order valence-electron chi connectivity index (χ3n) is 4.26. The number of thiophene rings is 1. The molecule has 0 unspecified atom stereocenters. The van der Waals surface area contributed by atoms with Gasteiger partial charge in [-0.05, 0) is 24.6 Å². The molecule has 0 saturated carbocycles.